The van der Waals surface area contributed by atoms with E-state index in [2.05, 4.69) is 4.74 Å². The van der Waals surface area contributed by atoms with Gasteiger partial charge in [0.15, 0.2) is 24.0 Å². The van der Waals surface area contributed by atoms with Gasteiger partial charge in [0.1, 0.15) is 5.56 Å². The fourth-order valence-corrected chi connectivity index (χ4v) is 1.56. The minimum absolute atomic E-state index is 2.24. The summed E-state index contributed by atoms with van der Waals surface area (Å²) in [7, 11) is 0. The molecule has 0 atom stereocenters. The minimum atomic E-state index is -6.81. The van der Waals surface area contributed by atoms with Gasteiger partial charge in [-0.15, -0.1) is 0 Å². The molecule has 0 spiro atoms. The summed E-state index contributed by atoms with van der Waals surface area (Å²) in [6.45, 7) is -3.12. The second-order valence-electron chi connectivity index (χ2n) is 4.76. The van der Waals surface area contributed by atoms with Crippen LogP contribution in [0.5, 0.6) is 5.75 Å². The highest BCUT2D eigenvalue weighted by Crippen LogP contribution is 2.48. The first-order valence-electron chi connectivity index (χ1n) is 6.14. The van der Waals surface area contributed by atoms with E-state index in [1.165, 1.54) is 0 Å². The van der Waals surface area contributed by atoms with Crippen molar-refractivity contribution < 1.29 is 67.3 Å². The Kier molecular flexibility index (Phi) is 5.88. The van der Waals surface area contributed by atoms with Gasteiger partial charge in [-0.2, -0.15) is 35.1 Å². The fourth-order valence-electron chi connectivity index (χ4n) is 1.56. The average molecular weight is 424 g/mol. The van der Waals surface area contributed by atoms with Gasteiger partial charge >= 0.3 is 30.2 Å². The number of ether oxygens (including phenoxy) is 1. The van der Waals surface area contributed by atoms with Crippen LogP contribution in [0.1, 0.15) is 10.4 Å². The highest BCUT2D eigenvalue weighted by Gasteiger charge is 2.75. The number of halogens is 12. The van der Waals surface area contributed by atoms with Gasteiger partial charge in [-0.1, -0.05) is 0 Å². The maximum absolute atomic E-state index is 13.4. The molecule has 3 nitrogen and oxygen atoms in total. The Hall–Kier alpha value is -2.35. The quantitative estimate of drug-likeness (QED) is 0.519. The Bertz CT molecular complexity index is 717. The highest BCUT2D eigenvalue weighted by molar-refractivity contribution is 5.88. The van der Waals surface area contributed by atoms with Gasteiger partial charge < -0.3 is 9.84 Å². The average Bonchev–Trinajstić information content (AvgIpc) is 2.52. The summed E-state index contributed by atoms with van der Waals surface area (Å²) in [6, 6.07) is 0. The first kappa shape index (κ1) is 22.7. The van der Waals surface area contributed by atoms with Crippen molar-refractivity contribution in [3.05, 3.63) is 28.8 Å². The molecule has 0 saturated carbocycles. The number of hydrogen-bond donors (Lipinski definition) is 1. The Morgan fingerprint density at radius 1 is 0.889 bits per heavy atom. The lowest BCUT2D eigenvalue weighted by molar-refractivity contribution is -0.342. The lowest BCUT2D eigenvalue weighted by atomic mass is 10.1. The molecule has 1 rings (SSSR count). The molecule has 0 fully saturated rings. The number of carboxylic acid groups (broad SMARTS) is 1. The molecule has 0 unspecified atom stereocenters. The predicted molar refractivity (Wildman–Crippen MR) is 59.6 cm³/mol. The molecule has 1 N–H and O–H groups in total. The number of alkyl halides is 8. The zero-order chi connectivity index (χ0) is 21.5. The van der Waals surface area contributed by atoms with Crippen LogP contribution in [0.25, 0.3) is 0 Å². The molecule has 0 aliphatic heterocycles. The normalized spacial score (nSPS) is 13.2. The monoisotopic (exact) mass is 424 g/mol. The molecule has 154 valence electrons. The second kappa shape index (κ2) is 6.99. The molecular weight excluding hydrogens is 420 g/mol. The van der Waals surface area contributed by atoms with Gasteiger partial charge in [0.05, 0.1) is 0 Å². The maximum Gasteiger partial charge on any atom is 0.381 e. The topological polar surface area (TPSA) is 46.5 Å². The summed E-state index contributed by atoms with van der Waals surface area (Å²) in [5.74, 6) is -35.6. The van der Waals surface area contributed by atoms with Crippen molar-refractivity contribution in [2.45, 2.75) is 24.2 Å². The molecule has 0 aliphatic carbocycles. The summed E-state index contributed by atoms with van der Waals surface area (Å²) in [4.78, 5) is 10.5. The third kappa shape index (κ3) is 3.58. The van der Waals surface area contributed by atoms with E-state index in [0.29, 0.717) is 0 Å². The number of hydrogen-bond acceptors (Lipinski definition) is 2. The van der Waals surface area contributed by atoms with Gasteiger partial charge in [-0.05, 0) is 0 Å². The minimum Gasteiger partial charge on any atom is -0.481 e. The summed E-state index contributed by atoms with van der Waals surface area (Å²) >= 11 is 0. The van der Waals surface area contributed by atoms with E-state index >= 15 is 0 Å². The third-order valence-electron chi connectivity index (χ3n) is 2.99. The molecule has 1 aromatic rings. The summed E-state index contributed by atoms with van der Waals surface area (Å²) in [6.07, 6.45) is -5.28. The van der Waals surface area contributed by atoms with E-state index < -0.39 is 71.4 Å². The Balaban J connectivity index is 3.30. The first-order chi connectivity index (χ1) is 12.0. The van der Waals surface area contributed by atoms with Crippen LogP contribution >= 0.6 is 0 Å². The molecule has 15 heteroatoms. The fraction of sp³-hybridized carbons (Fsp3) is 0.417. The number of carbonyl (C=O) groups is 1. The van der Waals surface area contributed by atoms with E-state index in [-0.39, 0.29) is 0 Å². The molecule has 27 heavy (non-hydrogen) atoms. The van der Waals surface area contributed by atoms with Crippen LogP contribution in [0.4, 0.5) is 52.7 Å². The second-order valence-corrected chi connectivity index (χ2v) is 4.76. The van der Waals surface area contributed by atoms with E-state index in [1.807, 2.05) is 0 Å². The Morgan fingerprint density at radius 3 is 1.63 bits per heavy atom. The summed E-state index contributed by atoms with van der Waals surface area (Å²) in [5, 5.41) is 8.37. The number of aromatic carboxylic acids is 1. The summed E-state index contributed by atoms with van der Waals surface area (Å²) < 4.78 is 158. The SMILES string of the molecule is O=C(O)c1c(F)c(F)c(OCC(F)(F)C(F)(F)C(F)(F)C(F)F)c(F)c1F. The zero-order valence-corrected chi connectivity index (χ0v) is 12.1. The molecule has 0 bridgehead atoms. The van der Waals surface area contributed by atoms with Gasteiger partial charge in [-0.3, -0.25) is 0 Å². The first-order valence-corrected chi connectivity index (χ1v) is 6.14. The largest absolute Gasteiger partial charge is 0.481 e. The van der Waals surface area contributed by atoms with Crippen molar-refractivity contribution in [1.29, 1.82) is 0 Å². The van der Waals surface area contributed by atoms with Crippen LogP contribution in [0.2, 0.25) is 0 Å². The van der Waals surface area contributed by atoms with Crippen LogP contribution in [0.15, 0.2) is 0 Å². The maximum atomic E-state index is 13.4. The van der Waals surface area contributed by atoms with Crippen LogP contribution in [0, 0.1) is 23.3 Å². The van der Waals surface area contributed by atoms with E-state index in [4.69, 9.17) is 5.11 Å². The zero-order valence-electron chi connectivity index (χ0n) is 12.1. The van der Waals surface area contributed by atoms with Crippen molar-refractivity contribution in [3.8, 4) is 5.75 Å². The van der Waals surface area contributed by atoms with Gasteiger partial charge in [0.2, 0.25) is 11.6 Å². The van der Waals surface area contributed by atoms with Crippen LogP contribution < -0.4 is 4.74 Å². The van der Waals surface area contributed by atoms with Crippen molar-refractivity contribution in [3.63, 3.8) is 0 Å². The Labute approximate surface area is 140 Å². The van der Waals surface area contributed by atoms with Crippen molar-refractivity contribution in [2.24, 2.45) is 0 Å². The van der Waals surface area contributed by atoms with Gasteiger partial charge in [-0.25, -0.2) is 22.4 Å². The molecule has 0 amide bonds. The van der Waals surface area contributed by atoms with Gasteiger partial charge in [0, 0.05) is 0 Å². The molecule has 0 aromatic heterocycles. The van der Waals surface area contributed by atoms with Crippen molar-refractivity contribution in [1.82, 2.24) is 0 Å². The molecule has 0 radical (unpaired) electrons. The number of rotatable bonds is 7. The van der Waals surface area contributed by atoms with Crippen LogP contribution in [-0.4, -0.2) is 41.9 Å². The van der Waals surface area contributed by atoms with E-state index in [9.17, 15) is 57.5 Å². The van der Waals surface area contributed by atoms with Crippen LogP contribution in [0.3, 0.4) is 0 Å². The smallest absolute Gasteiger partial charge is 0.381 e. The lowest BCUT2D eigenvalue weighted by Crippen LogP contribution is -2.59. The lowest BCUT2D eigenvalue weighted by Gasteiger charge is -2.32. The molecule has 0 aliphatic rings. The molecule has 0 saturated heterocycles. The molecule has 1 aromatic carbocycles. The van der Waals surface area contributed by atoms with Crippen LogP contribution in [-0.2, 0) is 0 Å². The number of carboxylic acids is 1. The van der Waals surface area contributed by atoms with Crippen molar-refractivity contribution in [2.75, 3.05) is 6.61 Å². The van der Waals surface area contributed by atoms with Gasteiger partial charge in [0.25, 0.3) is 0 Å². The molecular formula is C12H4F12O3. The summed E-state index contributed by atoms with van der Waals surface area (Å²) in [5.41, 5.74) is -2.24. The van der Waals surface area contributed by atoms with E-state index in [0.717, 1.165) is 0 Å². The standard InChI is InChI=1S/C12H4F12O3/c13-3-2(8(25)26)4(14)6(16)7(5(3)15)27-1-10(19,20)12(23,24)11(21,22)9(17)18/h9H,1H2,(H,25,26). The highest BCUT2D eigenvalue weighted by atomic mass is 19.4. The third-order valence-corrected chi connectivity index (χ3v) is 2.99. The predicted octanol–water partition coefficient (Wildman–Crippen LogP) is 4.49. The number of benzene rings is 1. The van der Waals surface area contributed by atoms with Crippen molar-refractivity contribution >= 4 is 5.97 Å². The molecule has 0 heterocycles. The Morgan fingerprint density at radius 2 is 1.30 bits per heavy atom. The van der Waals surface area contributed by atoms with E-state index in [1.54, 1.807) is 0 Å².